The van der Waals surface area contributed by atoms with E-state index in [1.165, 1.54) is 0 Å². The molecule has 0 fully saturated rings. The van der Waals surface area contributed by atoms with Gasteiger partial charge in [0.2, 0.25) is 5.91 Å². The van der Waals surface area contributed by atoms with Crippen LogP contribution >= 0.6 is 11.3 Å². The summed E-state index contributed by atoms with van der Waals surface area (Å²) in [5.41, 5.74) is 1.98. The van der Waals surface area contributed by atoms with Gasteiger partial charge >= 0.3 is 0 Å². The van der Waals surface area contributed by atoms with E-state index < -0.39 is 0 Å². The Hall–Kier alpha value is -1.88. The number of thiazole rings is 1. The number of aromatic nitrogens is 1. The van der Waals surface area contributed by atoms with Gasteiger partial charge < -0.3 is 10.1 Å². The Labute approximate surface area is 129 Å². The fraction of sp³-hybridized carbons (Fsp3) is 0.375. The summed E-state index contributed by atoms with van der Waals surface area (Å²) in [7, 11) is 1.62. The first-order chi connectivity index (χ1) is 10.2. The SMILES string of the molecule is COc1ccccc1CC(=O)NCCCc1nc(C)cs1. The minimum atomic E-state index is 0.0230. The molecule has 0 unspecified atom stereocenters. The number of ether oxygens (including phenoxy) is 1. The summed E-state index contributed by atoms with van der Waals surface area (Å²) in [5, 5.41) is 6.12. The fourth-order valence-corrected chi connectivity index (χ4v) is 2.89. The van der Waals surface area contributed by atoms with Crippen LogP contribution in [-0.4, -0.2) is 24.5 Å². The molecule has 0 aliphatic carbocycles. The molecular weight excluding hydrogens is 284 g/mol. The van der Waals surface area contributed by atoms with Crippen molar-refractivity contribution in [1.82, 2.24) is 10.3 Å². The smallest absolute Gasteiger partial charge is 0.224 e. The van der Waals surface area contributed by atoms with Crippen LogP contribution in [0, 0.1) is 6.92 Å². The largest absolute Gasteiger partial charge is 0.496 e. The van der Waals surface area contributed by atoms with Gasteiger partial charge in [-0.15, -0.1) is 11.3 Å². The van der Waals surface area contributed by atoms with Crippen molar-refractivity contribution in [3.63, 3.8) is 0 Å². The molecular formula is C16H20N2O2S. The maximum atomic E-state index is 11.9. The maximum absolute atomic E-state index is 11.9. The second kappa shape index (κ2) is 7.78. The standard InChI is InChI=1S/C16H20N2O2S/c1-12-11-21-16(18-12)8-5-9-17-15(19)10-13-6-3-4-7-14(13)20-2/h3-4,6-7,11H,5,8-10H2,1-2H3,(H,17,19). The molecule has 1 N–H and O–H groups in total. The van der Waals surface area contributed by atoms with Gasteiger partial charge in [0.15, 0.2) is 0 Å². The normalized spacial score (nSPS) is 10.4. The minimum Gasteiger partial charge on any atom is -0.496 e. The van der Waals surface area contributed by atoms with E-state index in [0.717, 1.165) is 34.9 Å². The summed E-state index contributed by atoms with van der Waals surface area (Å²) >= 11 is 1.68. The van der Waals surface area contributed by atoms with Crippen LogP contribution in [0.2, 0.25) is 0 Å². The number of benzene rings is 1. The number of para-hydroxylation sites is 1. The number of carbonyl (C=O) groups is 1. The molecule has 0 bridgehead atoms. The van der Waals surface area contributed by atoms with Gasteiger partial charge in [0.05, 0.1) is 18.5 Å². The zero-order chi connectivity index (χ0) is 15.1. The molecule has 0 saturated heterocycles. The summed E-state index contributed by atoms with van der Waals surface area (Å²) in [5.74, 6) is 0.778. The molecule has 2 rings (SSSR count). The molecule has 1 aromatic carbocycles. The molecule has 5 heteroatoms. The van der Waals surface area contributed by atoms with Gasteiger partial charge in [0.25, 0.3) is 0 Å². The average molecular weight is 304 g/mol. The van der Waals surface area contributed by atoms with Crippen LogP contribution in [0.15, 0.2) is 29.6 Å². The van der Waals surface area contributed by atoms with Crippen molar-refractivity contribution >= 4 is 17.2 Å². The van der Waals surface area contributed by atoms with Gasteiger partial charge in [-0.3, -0.25) is 4.79 Å². The molecule has 0 atom stereocenters. The van der Waals surface area contributed by atoms with E-state index in [9.17, 15) is 4.79 Å². The molecule has 0 aliphatic heterocycles. The third-order valence-corrected chi connectivity index (χ3v) is 4.13. The van der Waals surface area contributed by atoms with Crippen molar-refractivity contribution in [3.05, 3.63) is 45.9 Å². The molecule has 1 heterocycles. The lowest BCUT2D eigenvalue weighted by Gasteiger charge is -2.08. The average Bonchev–Trinajstić information content (AvgIpc) is 2.90. The molecule has 0 spiro atoms. The maximum Gasteiger partial charge on any atom is 0.224 e. The van der Waals surface area contributed by atoms with E-state index in [4.69, 9.17) is 4.74 Å². The van der Waals surface area contributed by atoms with Gasteiger partial charge in [-0.25, -0.2) is 4.98 Å². The Morgan fingerprint density at radius 2 is 2.19 bits per heavy atom. The van der Waals surface area contributed by atoms with Crippen LogP contribution in [0.5, 0.6) is 5.75 Å². The lowest BCUT2D eigenvalue weighted by Crippen LogP contribution is -2.26. The Morgan fingerprint density at radius 1 is 1.38 bits per heavy atom. The number of methoxy groups -OCH3 is 1. The molecule has 0 aliphatic rings. The zero-order valence-electron chi connectivity index (χ0n) is 12.4. The Bertz CT molecular complexity index is 595. The molecule has 0 radical (unpaired) electrons. The predicted molar refractivity (Wildman–Crippen MR) is 84.9 cm³/mol. The van der Waals surface area contributed by atoms with Crippen LogP contribution in [-0.2, 0) is 17.6 Å². The summed E-state index contributed by atoms with van der Waals surface area (Å²) in [6.45, 7) is 2.67. The molecule has 112 valence electrons. The van der Waals surface area contributed by atoms with Crippen molar-refractivity contribution in [1.29, 1.82) is 0 Å². The molecule has 21 heavy (non-hydrogen) atoms. The topological polar surface area (TPSA) is 51.2 Å². The molecule has 4 nitrogen and oxygen atoms in total. The highest BCUT2D eigenvalue weighted by Crippen LogP contribution is 2.17. The van der Waals surface area contributed by atoms with Crippen molar-refractivity contribution < 1.29 is 9.53 Å². The van der Waals surface area contributed by atoms with Crippen LogP contribution in [0.1, 0.15) is 22.7 Å². The van der Waals surface area contributed by atoms with Crippen LogP contribution in [0.3, 0.4) is 0 Å². The van der Waals surface area contributed by atoms with Crippen molar-refractivity contribution in [2.24, 2.45) is 0 Å². The summed E-state index contributed by atoms with van der Waals surface area (Å²) < 4.78 is 5.25. The first-order valence-corrected chi connectivity index (χ1v) is 7.86. The lowest BCUT2D eigenvalue weighted by molar-refractivity contribution is -0.120. The number of nitrogens with one attached hydrogen (secondary N) is 1. The van der Waals surface area contributed by atoms with Crippen LogP contribution in [0.4, 0.5) is 0 Å². The Kier molecular flexibility index (Phi) is 5.75. The van der Waals surface area contributed by atoms with Crippen LogP contribution in [0.25, 0.3) is 0 Å². The monoisotopic (exact) mass is 304 g/mol. The van der Waals surface area contributed by atoms with Crippen molar-refractivity contribution in [3.8, 4) is 5.75 Å². The first kappa shape index (κ1) is 15.5. The van der Waals surface area contributed by atoms with Crippen LogP contribution < -0.4 is 10.1 Å². The first-order valence-electron chi connectivity index (χ1n) is 6.98. The van der Waals surface area contributed by atoms with Gasteiger partial charge in [-0.1, -0.05) is 18.2 Å². The number of hydrogen-bond donors (Lipinski definition) is 1. The second-order valence-electron chi connectivity index (χ2n) is 4.82. The van der Waals surface area contributed by atoms with E-state index in [1.54, 1.807) is 18.4 Å². The van der Waals surface area contributed by atoms with Crippen molar-refractivity contribution in [2.45, 2.75) is 26.2 Å². The number of amides is 1. The van der Waals surface area contributed by atoms with Gasteiger partial charge in [0.1, 0.15) is 5.75 Å². The highest BCUT2D eigenvalue weighted by Gasteiger charge is 2.07. The summed E-state index contributed by atoms with van der Waals surface area (Å²) in [6, 6.07) is 7.59. The summed E-state index contributed by atoms with van der Waals surface area (Å²) in [6.07, 6.45) is 2.17. The van der Waals surface area contributed by atoms with E-state index in [2.05, 4.69) is 15.7 Å². The van der Waals surface area contributed by atoms with E-state index in [1.807, 2.05) is 31.2 Å². The second-order valence-corrected chi connectivity index (χ2v) is 5.77. The van der Waals surface area contributed by atoms with Gasteiger partial charge in [-0.05, 0) is 19.4 Å². The van der Waals surface area contributed by atoms with E-state index >= 15 is 0 Å². The quantitative estimate of drug-likeness (QED) is 0.800. The third-order valence-electron chi connectivity index (χ3n) is 3.10. The minimum absolute atomic E-state index is 0.0230. The lowest BCUT2D eigenvalue weighted by atomic mass is 10.1. The molecule has 0 saturated carbocycles. The van der Waals surface area contributed by atoms with E-state index in [-0.39, 0.29) is 5.91 Å². The van der Waals surface area contributed by atoms with Crippen molar-refractivity contribution in [2.75, 3.05) is 13.7 Å². The van der Waals surface area contributed by atoms with E-state index in [0.29, 0.717) is 13.0 Å². The van der Waals surface area contributed by atoms with Gasteiger partial charge in [-0.2, -0.15) is 0 Å². The third kappa shape index (κ3) is 4.86. The number of hydrogen-bond acceptors (Lipinski definition) is 4. The number of nitrogens with zero attached hydrogens (tertiary/aromatic N) is 1. The summed E-state index contributed by atoms with van der Waals surface area (Å²) in [4.78, 5) is 16.3. The Morgan fingerprint density at radius 3 is 2.90 bits per heavy atom. The number of aryl methyl sites for hydroxylation is 2. The molecule has 2 aromatic rings. The molecule has 1 amide bonds. The fourth-order valence-electron chi connectivity index (χ4n) is 2.07. The highest BCUT2D eigenvalue weighted by molar-refractivity contribution is 7.09. The zero-order valence-corrected chi connectivity index (χ0v) is 13.2. The highest BCUT2D eigenvalue weighted by atomic mass is 32.1. The molecule has 1 aromatic heterocycles. The van der Waals surface area contributed by atoms with Gasteiger partial charge in [0, 0.05) is 29.6 Å². The number of rotatable bonds is 7. The Balaban J connectivity index is 1.72. The number of carbonyl (C=O) groups excluding carboxylic acids is 1. The predicted octanol–water partition coefficient (Wildman–Crippen LogP) is 2.75.